The van der Waals surface area contributed by atoms with Crippen molar-refractivity contribution < 1.29 is 33.4 Å². The number of alkyl carbamates (subject to hydrolysis) is 2. The lowest BCUT2D eigenvalue weighted by Gasteiger charge is -2.37. The number of nitrogens with zero attached hydrogens (tertiary/aromatic N) is 4. The molecule has 3 aliphatic heterocycles. The Hall–Kier alpha value is -6.48. The van der Waals surface area contributed by atoms with E-state index in [1.165, 1.54) is 14.2 Å². The lowest BCUT2D eigenvalue weighted by Crippen LogP contribution is -2.54. The van der Waals surface area contributed by atoms with Gasteiger partial charge in [-0.05, 0) is 108 Å². The molecule has 1 saturated carbocycles. The summed E-state index contributed by atoms with van der Waals surface area (Å²) in [4.78, 5) is 74.2. The second-order valence-corrected chi connectivity index (χ2v) is 18.2. The molecule has 2 bridgehead atoms. The first kappa shape index (κ1) is 41.5. The Labute approximate surface area is 370 Å². The van der Waals surface area contributed by atoms with Gasteiger partial charge in [-0.1, -0.05) is 56.8 Å². The number of H-pyrrole nitrogens is 2. The molecule has 4 N–H and O–H groups in total. The standard InChI is InChI=1S/C49H54N8O7/c1-25(2)38(54-48(60)62-4)47(59)57-33-11-6-32(24-33)43(57)45-51-37-15-10-31-23-29(8-13-35(31)41(37)53-45)28-7-12-34-30(22-28)9-14-36-40(34)52-44(50-36)42-26(3)16-19-56(42)46(58)39(55-49(61)63-5)27-17-20-64-21-18-27/h7-10,12-15,22-23,25,27,32-33,38-39,42-43H,3,6,11,16-21,24H2,1-2,4-5H3,(H,50,52)(H,51,53)(H,54,60)(H,55,61)/t32-,33+,38-,39-,42-,43?/m0/s1. The van der Waals surface area contributed by atoms with E-state index < -0.39 is 30.3 Å². The summed E-state index contributed by atoms with van der Waals surface area (Å²) in [6, 6.07) is 19.1. The number of likely N-dealkylation sites (tertiary alicyclic amines) is 2. The molecule has 4 amide bonds. The van der Waals surface area contributed by atoms with Crippen LogP contribution in [0.2, 0.25) is 0 Å². The second kappa shape index (κ2) is 16.6. The topological polar surface area (TPSA) is 184 Å². The zero-order valence-corrected chi connectivity index (χ0v) is 36.6. The Bertz CT molecular complexity index is 2840. The van der Waals surface area contributed by atoms with E-state index >= 15 is 0 Å². The predicted molar refractivity (Wildman–Crippen MR) is 242 cm³/mol. The molecule has 15 nitrogen and oxygen atoms in total. The van der Waals surface area contributed by atoms with Gasteiger partial charge in [-0.3, -0.25) is 9.59 Å². The molecule has 2 aromatic heterocycles. The van der Waals surface area contributed by atoms with Crippen molar-refractivity contribution in [1.29, 1.82) is 0 Å². The van der Waals surface area contributed by atoms with Gasteiger partial charge in [0.15, 0.2) is 0 Å². The first-order chi connectivity index (χ1) is 31.0. The van der Waals surface area contributed by atoms with Crippen LogP contribution in [0.25, 0.3) is 54.7 Å². The van der Waals surface area contributed by atoms with Gasteiger partial charge >= 0.3 is 12.2 Å². The van der Waals surface area contributed by atoms with E-state index in [0.29, 0.717) is 50.8 Å². The monoisotopic (exact) mass is 866 g/mol. The number of fused-ring (bicyclic) bond motifs is 8. The van der Waals surface area contributed by atoms with Gasteiger partial charge in [0.05, 0.1) is 42.3 Å². The minimum absolute atomic E-state index is 0.0741. The molecule has 0 radical (unpaired) electrons. The quantitative estimate of drug-likeness (QED) is 0.105. The first-order valence-corrected chi connectivity index (χ1v) is 22.4. The summed E-state index contributed by atoms with van der Waals surface area (Å²) in [6.45, 7) is 9.76. The molecule has 0 spiro atoms. The molecule has 4 aliphatic rings. The molecule has 4 fully saturated rings. The molecule has 15 heteroatoms. The average Bonchev–Trinajstić information content (AvgIpc) is 4.17. The molecule has 6 atom stereocenters. The SMILES string of the molecule is C=C1CCN(C(=O)[C@@H](NC(=O)OC)C2CCOCC2)[C@@H]1c1nc2c(ccc3cc(-c4ccc5c(ccc6[nH]c(C7[C@H]8CC[C@H](C8)N7C(=O)[C@@H](NC(=O)OC)C(C)C)nc65)c4)ccc32)[nH]1. The number of benzene rings is 4. The maximum absolute atomic E-state index is 14.3. The van der Waals surface area contributed by atoms with E-state index in [1.54, 1.807) is 4.90 Å². The van der Waals surface area contributed by atoms with Crippen LogP contribution in [0.5, 0.6) is 0 Å². The smallest absolute Gasteiger partial charge is 0.407 e. The summed E-state index contributed by atoms with van der Waals surface area (Å²) in [6.07, 6.45) is 3.60. The van der Waals surface area contributed by atoms with Crippen LogP contribution in [0, 0.1) is 17.8 Å². The van der Waals surface area contributed by atoms with Crippen molar-refractivity contribution >= 4 is 67.6 Å². The van der Waals surface area contributed by atoms with E-state index in [4.69, 9.17) is 24.2 Å². The lowest BCUT2D eigenvalue weighted by atomic mass is 9.90. The maximum Gasteiger partial charge on any atom is 0.407 e. The largest absolute Gasteiger partial charge is 0.453 e. The zero-order valence-electron chi connectivity index (χ0n) is 36.6. The third-order valence-electron chi connectivity index (χ3n) is 14.2. The number of aromatic amines is 2. The Morgan fingerprint density at radius 2 is 1.39 bits per heavy atom. The summed E-state index contributed by atoms with van der Waals surface area (Å²) in [5, 5.41) is 9.68. The second-order valence-electron chi connectivity index (χ2n) is 18.2. The van der Waals surface area contributed by atoms with Gasteiger partial charge in [0.25, 0.3) is 0 Å². The first-order valence-electron chi connectivity index (χ1n) is 22.4. The van der Waals surface area contributed by atoms with E-state index in [2.05, 4.69) is 81.8 Å². The van der Waals surface area contributed by atoms with Crippen molar-refractivity contribution in [3.05, 3.63) is 84.5 Å². The van der Waals surface area contributed by atoms with Crippen LogP contribution in [0.1, 0.15) is 76.1 Å². The zero-order chi connectivity index (χ0) is 44.4. The summed E-state index contributed by atoms with van der Waals surface area (Å²) in [5.74, 6) is 1.25. The lowest BCUT2D eigenvalue weighted by molar-refractivity contribution is -0.139. The highest BCUT2D eigenvalue weighted by atomic mass is 16.5. The highest BCUT2D eigenvalue weighted by Gasteiger charge is 2.51. The van der Waals surface area contributed by atoms with Gasteiger partial charge in [0.2, 0.25) is 11.8 Å². The molecular weight excluding hydrogens is 813 g/mol. The maximum atomic E-state index is 14.3. The van der Waals surface area contributed by atoms with E-state index in [0.717, 1.165) is 85.4 Å². The predicted octanol–water partition coefficient (Wildman–Crippen LogP) is 7.83. The Kier molecular flexibility index (Phi) is 10.8. The highest BCUT2D eigenvalue weighted by Crippen LogP contribution is 2.50. The molecule has 3 saturated heterocycles. The number of methoxy groups -OCH3 is 2. The number of carbonyl (C=O) groups excluding carboxylic acids is 4. The van der Waals surface area contributed by atoms with Gasteiger partial charge in [-0.2, -0.15) is 0 Å². The summed E-state index contributed by atoms with van der Waals surface area (Å²) in [7, 11) is 2.61. The van der Waals surface area contributed by atoms with Crippen LogP contribution >= 0.6 is 0 Å². The fourth-order valence-electron chi connectivity index (χ4n) is 10.9. The third-order valence-corrected chi connectivity index (χ3v) is 14.2. The fourth-order valence-corrected chi connectivity index (χ4v) is 10.9. The molecular formula is C49H54N8O7. The van der Waals surface area contributed by atoms with Crippen molar-refractivity contribution in [3.63, 3.8) is 0 Å². The van der Waals surface area contributed by atoms with Crippen molar-refractivity contribution in [2.75, 3.05) is 34.0 Å². The average molecular weight is 867 g/mol. The Balaban J connectivity index is 0.923. The van der Waals surface area contributed by atoms with Crippen LogP contribution < -0.4 is 10.6 Å². The van der Waals surface area contributed by atoms with Gasteiger partial charge in [0.1, 0.15) is 29.8 Å². The van der Waals surface area contributed by atoms with Crippen molar-refractivity contribution in [2.24, 2.45) is 17.8 Å². The fraction of sp³-hybridized carbons (Fsp3) is 0.429. The Morgan fingerprint density at radius 3 is 2.02 bits per heavy atom. The van der Waals surface area contributed by atoms with Crippen LogP contribution in [0.15, 0.2) is 72.8 Å². The van der Waals surface area contributed by atoms with Crippen LogP contribution in [-0.2, 0) is 23.8 Å². The van der Waals surface area contributed by atoms with E-state index in [-0.39, 0.29) is 35.7 Å². The molecule has 4 aromatic carbocycles. The van der Waals surface area contributed by atoms with Gasteiger partial charge in [-0.25, -0.2) is 19.6 Å². The van der Waals surface area contributed by atoms with Gasteiger partial charge < -0.3 is 44.6 Å². The molecule has 1 unspecified atom stereocenters. The van der Waals surface area contributed by atoms with Crippen molar-refractivity contribution in [2.45, 2.75) is 82.6 Å². The van der Waals surface area contributed by atoms with Crippen LogP contribution in [0.4, 0.5) is 9.59 Å². The number of carbonyl (C=O) groups is 4. The van der Waals surface area contributed by atoms with Crippen molar-refractivity contribution in [3.8, 4) is 11.1 Å². The summed E-state index contributed by atoms with van der Waals surface area (Å²) in [5.41, 5.74) is 6.45. The van der Waals surface area contributed by atoms with Gasteiger partial charge in [-0.15, -0.1) is 0 Å². The van der Waals surface area contributed by atoms with E-state index in [9.17, 15) is 19.2 Å². The number of nitrogens with one attached hydrogen (secondary N) is 4. The minimum atomic E-state index is -0.747. The number of piperidine rings is 1. The number of hydrogen-bond donors (Lipinski definition) is 4. The molecule has 1 aliphatic carbocycles. The number of ether oxygens (including phenoxy) is 3. The third kappa shape index (κ3) is 7.19. The van der Waals surface area contributed by atoms with Gasteiger partial charge in [0, 0.05) is 36.6 Å². The minimum Gasteiger partial charge on any atom is -0.453 e. The molecule has 10 rings (SSSR count). The number of rotatable bonds is 9. The number of amides is 4. The number of imidazole rings is 2. The Morgan fingerprint density at radius 1 is 0.781 bits per heavy atom. The van der Waals surface area contributed by atoms with E-state index in [1.807, 2.05) is 24.8 Å². The number of aromatic nitrogens is 4. The normalized spacial score (nSPS) is 22.2. The number of hydrogen-bond acceptors (Lipinski definition) is 9. The van der Waals surface area contributed by atoms with Crippen LogP contribution in [-0.4, -0.2) is 106 Å². The molecule has 64 heavy (non-hydrogen) atoms. The molecule has 332 valence electrons. The van der Waals surface area contributed by atoms with Crippen LogP contribution in [0.3, 0.4) is 0 Å². The summed E-state index contributed by atoms with van der Waals surface area (Å²) < 4.78 is 15.3. The summed E-state index contributed by atoms with van der Waals surface area (Å²) >= 11 is 0. The van der Waals surface area contributed by atoms with Crippen molar-refractivity contribution in [1.82, 2.24) is 40.4 Å². The molecule has 6 aromatic rings. The highest BCUT2D eigenvalue weighted by molar-refractivity contribution is 6.07. The molecule has 5 heterocycles.